The number of amides is 1. The lowest BCUT2D eigenvalue weighted by Crippen LogP contribution is -2.21. The normalized spacial score (nSPS) is 21.5. The molecule has 92 valence electrons. The van der Waals surface area contributed by atoms with E-state index in [9.17, 15) is 4.79 Å². The van der Waals surface area contributed by atoms with Crippen molar-refractivity contribution in [1.29, 1.82) is 0 Å². The first kappa shape index (κ1) is 12.2. The van der Waals surface area contributed by atoms with Crippen LogP contribution in [-0.2, 0) is 4.79 Å². The Balaban J connectivity index is 1.98. The molecule has 0 saturated carbocycles. The lowest BCUT2D eigenvalue weighted by molar-refractivity contribution is -0.114. The highest BCUT2D eigenvalue weighted by Gasteiger charge is 2.52. The Hall–Kier alpha value is -1.31. The zero-order valence-electron chi connectivity index (χ0n) is 11.1. The molecular formula is C15H21NO. The maximum atomic E-state index is 11.8. The molecule has 1 aromatic carbocycles. The fraction of sp³-hybridized carbons (Fsp3) is 0.533. The molecule has 1 aromatic rings. The van der Waals surface area contributed by atoms with Gasteiger partial charge in [0, 0.05) is 6.54 Å². The summed E-state index contributed by atoms with van der Waals surface area (Å²) in [7, 11) is 0. The summed E-state index contributed by atoms with van der Waals surface area (Å²) >= 11 is 0. The van der Waals surface area contributed by atoms with Gasteiger partial charge in [0.15, 0.2) is 0 Å². The average molecular weight is 231 g/mol. The molecule has 0 spiro atoms. The summed E-state index contributed by atoms with van der Waals surface area (Å²) in [5.41, 5.74) is 1.37. The van der Waals surface area contributed by atoms with Gasteiger partial charge in [0.2, 0.25) is 5.91 Å². The Morgan fingerprint density at radius 2 is 1.82 bits per heavy atom. The minimum Gasteiger partial charge on any atom is -0.328 e. The Morgan fingerprint density at radius 1 is 1.24 bits per heavy atom. The van der Waals surface area contributed by atoms with Crippen molar-refractivity contribution in [2.75, 3.05) is 6.54 Å². The highest BCUT2D eigenvalue weighted by Crippen LogP contribution is 2.37. The molecule has 1 saturated heterocycles. The summed E-state index contributed by atoms with van der Waals surface area (Å²) in [6.45, 7) is 9.40. The number of rotatable bonds is 3. The van der Waals surface area contributed by atoms with Crippen molar-refractivity contribution in [2.45, 2.75) is 39.7 Å². The smallest absolute Gasteiger partial charge is 0.246 e. The van der Waals surface area contributed by atoms with Gasteiger partial charge in [-0.2, -0.15) is 0 Å². The van der Waals surface area contributed by atoms with Crippen LogP contribution >= 0.6 is 0 Å². The molecule has 1 fully saturated rings. The van der Waals surface area contributed by atoms with Crippen molar-refractivity contribution in [3.63, 3.8) is 0 Å². The fourth-order valence-electron chi connectivity index (χ4n) is 2.43. The second-order valence-electron chi connectivity index (χ2n) is 6.07. The maximum absolute atomic E-state index is 11.8. The first-order chi connectivity index (χ1) is 7.91. The SMILES string of the molecule is CC(CN1C(=O)C1C(C)(C)C)c1ccccc1. The van der Waals surface area contributed by atoms with Gasteiger partial charge in [0.1, 0.15) is 6.04 Å². The molecule has 2 atom stereocenters. The summed E-state index contributed by atoms with van der Waals surface area (Å²) in [6.07, 6.45) is 0. The first-order valence-corrected chi connectivity index (χ1v) is 6.26. The van der Waals surface area contributed by atoms with Crippen LogP contribution in [0.1, 0.15) is 39.2 Å². The van der Waals surface area contributed by atoms with E-state index in [0.29, 0.717) is 11.8 Å². The van der Waals surface area contributed by atoms with E-state index >= 15 is 0 Å². The molecule has 0 radical (unpaired) electrons. The monoisotopic (exact) mass is 231 g/mol. The zero-order chi connectivity index (χ0) is 12.6. The van der Waals surface area contributed by atoms with E-state index in [4.69, 9.17) is 0 Å². The van der Waals surface area contributed by atoms with Crippen LogP contribution in [0, 0.1) is 5.41 Å². The largest absolute Gasteiger partial charge is 0.328 e. The van der Waals surface area contributed by atoms with Gasteiger partial charge in [0.05, 0.1) is 0 Å². The number of carbonyl (C=O) groups is 1. The molecule has 2 rings (SSSR count). The number of hydrogen-bond acceptors (Lipinski definition) is 1. The molecule has 1 aliphatic rings. The molecule has 2 unspecified atom stereocenters. The molecule has 0 bridgehead atoms. The van der Waals surface area contributed by atoms with Crippen LogP contribution in [0.3, 0.4) is 0 Å². The molecule has 1 amide bonds. The van der Waals surface area contributed by atoms with Crippen LogP contribution in [0.25, 0.3) is 0 Å². The molecule has 17 heavy (non-hydrogen) atoms. The van der Waals surface area contributed by atoms with Gasteiger partial charge in [-0.1, -0.05) is 58.0 Å². The molecule has 2 nitrogen and oxygen atoms in total. The van der Waals surface area contributed by atoms with Crippen LogP contribution < -0.4 is 0 Å². The van der Waals surface area contributed by atoms with Crippen LogP contribution in [-0.4, -0.2) is 23.4 Å². The molecule has 0 N–H and O–H groups in total. The van der Waals surface area contributed by atoms with E-state index in [1.165, 1.54) is 5.56 Å². The van der Waals surface area contributed by atoms with Gasteiger partial charge in [0.25, 0.3) is 0 Å². The standard InChI is InChI=1S/C15H21NO/c1-11(12-8-6-5-7-9-12)10-16-13(14(16)17)15(2,3)4/h5-9,11,13H,10H2,1-4H3. The third-order valence-corrected chi connectivity index (χ3v) is 3.42. The number of nitrogens with zero attached hydrogens (tertiary/aromatic N) is 1. The quantitative estimate of drug-likeness (QED) is 0.732. The second-order valence-corrected chi connectivity index (χ2v) is 6.07. The number of benzene rings is 1. The van der Waals surface area contributed by atoms with Crippen molar-refractivity contribution in [2.24, 2.45) is 5.41 Å². The van der Waals surface area contributed by atoms with Gasteiger partial charge in [-0.3, -0.25) is 4.79 Å². The number of carbonyl (C=O) groups excluding carboxylic acids is 1. The van der Waals surface area contributed by atoms with Crippen LogP contribution in [0.2, 0.25) is 0 Å². The summed E-state index contributed by atoms with van der Waals surface area (Å²) in [5, 5.41) is 0. The van der Waals surface area contributed by atoms with E-state index in [1.54, 1.807) is 0 Å². The average Bonchev–Trinajstić information content (AvgIpc) is 2.90. The van der Waals surface area contributed by atoms with Crippen LogP contribution in [0.5, 0.6) is 0 Å². The van der Waals surface area contributed by atoms with Crippen molar-refractivity contribution < 1.29 is 4.79 Å². The lowest BCUT2D eigenvalue weighted by Gasteiger charge is -2.18. The maximum Gasteiger partial charge on any atom is 0.246 e. The van der Waals surface area contributed by atoms with Gasteiger partial charge >= 0.3 is 0 Å². The van der Waals surface area contributed by atoms with E-state index in [2.05, 4.69) is 52.0 Å². The first-order valence-electron chi connectivity index (χ1n) is 6.26. The third kappa shape index (κ3) is 2.51. The van der Waals surface area contributed by atoms with E-state index < -0.39 is 0 Å². The topological polar surface area (TPSA) is 20.1 Å². The minimum absolute atomic E-state index is 0.0630. The summed E-state index contributed by atoms with van der Waals surface area (Å²) in [4.78, 5) is 13.8. The molecular weight excluding hydrogens is 210 g/mol. The number of hydrogen-bond donors (Lipinski definition) is 0. The minimum atomic E-state index is 0.0630. The summed E-state index contributed by atoms with van der Waals surface area (Å²) in [6, 6.07) is 10.5. The highest BCUT2D eigenvalue weighted by atomic mass is 16.2. The van der Waals surface area contributed by atoms with E-state index in [0.717, 1.165) is 6.54 Å². The Labute approximate surface area is 104 Å². The van der Waals surface area contributed by atoms with Crippen molar-refractivity contribution in [3.8, 4) is 0 Å². The fourth-order valence-corrected chi connectivity index (χ4v) is 2.43. The van der Waals surface area contributed by atoms with Gasteiger partial charge in [-0.25, -0.2) is 0 Å². The van der Waals surface area contributed by atoms with Gasteiger partial charge in [-0.05, 0) is 16.9 Å². The predicted molar refractivity (Wildman–Crippen MR) is 69.8 cm³/mol. The van der Waals surface area contributed by atoms with Crippen molar-refractivity contribution in [1.82, 2.24) is 4.90 Å². The molecule has 0 aliphatic carbocycles. The molecule has 1 aliphatic heterocycles. The summed E-state index contributed by atoms with van der Waals surface area (Å²) < 4.78 is 0. The zero-order valence-corrected chi connectivity index (χ0v) is 11.1. The van der Waals surface area contributed by atoms with Gasteiger partial charge < -0.3 is 4.90 Å². The molecule has 2 heteroatoms. The highest BCUT2D eigenvalue weighted by molar-refractivity contribution is 5.97. The Morgan fingerprint density at radius 3 is 2.29 bits per heavy atom. The lowest BCUT2D eigenvalue weighted by atomic mass is 9.92. The van der Waals surface area contributed by atoms with Crippen LogP contribution in [0.4, 0.5) is 0 Å². The van der Waals surface area contributed by atoms with Gasteiger partial charge in [-0.15, -0.1) is 0 Å². The van der Waals surface area contributed by atoms with Crippen molar-refractivity contribution in [3.05, 3.63) is 35.9 Å². The van der Waals surface area contributed by atoms with Crippen molar-refractivity contribution >= 4 is 5.91 Å². The van der Waals surface area contributed by atoms with E-state index in [1.807, 2.05) is 11.0 Å². The predicted octanol–water partition coefficient (Wildman–Crippen LogP) is 3.05. The molecule has 1 heterocycles. The third-order valence-electron chi connectivity index (χ3n) is 3.42. The Bertz CT molecular complexity index is 405. The van der Waals surface area contributed by atoms with Crippen LogP contribution in [0.15, 0.2) is 30.3 Å². The summed E-state index contributed by atoms with van der Waals surface area (Å²) in [5.74, 6) is 0.716. The molecule has 0 aromatic heterocycles. The Kier molecular flexibility index (Phi) is 2.98. The second kappa shape index (κ2) is 4.17. The van der Waals surface area contributed by atoms with E-state index in [-0.39, 0.29) is 11.5 Å².